The van der Waals surface area contributed by atoms with E-state index in [1.54, 1.807) is 24.1 Å². The van der Waals surface area contributed by atoms with Crippen LogP contribution in [-0.2, 0) is 19.6 Å². The van der Waals surface area contributed by atoms with Crippen LogP contribution in [0.15, 0.2) is 48.5 Å². The molecular weight excluding hydrogens is 329 g/mol. The highest BCUT2D eigenvalue weighted by Gasteiger charge is 2.11. The number of nitrogens with zero attached hydrogens (tertiary/aromatic N) is 2. The molecule has 140 valence electrons. The molecule has 4 nitrogen and oxygen atoms in total. The molecule has 0 saturated carbocycles. The van der Waals surface area contributed by atoms with Crippen LogP contribution in [0.1, 0.15) is 30.5 Å². The van der Waals surface area contributed by atoms with E-state index in [1.807, 2.05) is 12.1 Å². The van der Waals surface area contributed by atoms with E-state index >= 15 is 0 Å². The second-order valence-electron chi connectivity index (χ2n) is 6.37. The number of amides is 2. The first-order valence-corrected chi connectivity index (χ1v) is 9.06. The van der Waals surface area contributed by atoms with Crippen molar-refractivity contribution in [3.8, 4) is 0 Å². The first-order valence-electron chi connectivity index (χ1n) is 9.06. The van der Waals surface area contributed by atoms with Crippen molar-refractivity contribution in [3.05, 3.63) is 71.0 Å². The maximum absolute atomic E-state index is 13.0. The Balaban J connectivity index is 1.93. The van der Waals surface area contributed by atoms with Gasteiger partial charge in [0.1, 0.15) is 5.82 Å². The highest BCUT2D eigenvalue weighted by atomic mass is 19.1. The zero-order chi connectivity index (χ0) is 18.9. The predicted molar refractivity (Wildman–Crippen MR) is 103 cm³/mol. The topological polar surface area (TPSA) is 35.6 Å². The van der Waals surface area contributed by atoms with E-state index in [1.165, 1.54) is 17.7 Å². The molecule has 0 aromatic heterocycles. The van der Waals surface area contributed by atoms with Crippen molar-refractivity contribution in [2.45, 2.75) is 33.5 Å². The standard InChI is InChI=1S/C21H28FN3O/c1-4-25(5-2)16-19-9-7-6-8-18(19)14-23-21(26)24(3)15-17-10-12-20(22)13-11-17/h6-13H,4-5,14-16H2,1-3H3,(H,23,26). The Bertz CT molecular complexity index is 699. The Morgan fingerprint density at radius 1 is 0.962 bits per heavy atom. The van der Waals surface area contributed by atoms with E-state index in [4.69, 9.17) is 0 Å². The molecule has 0 unspecified atom stereocenters. The summed E-state index contributed by atoms with van der Waals surface area (Å²) in [5.74, 6) is -0.273. The molecule has 2 aromatic carbocycles. The molecule has 2 rings (SSSR count). The molecule has 5 heteroatoms. The van der Waals surface area contributed by atoms with Crippen LogP contribution in [0.3, 0.4) is 0 Å². The van der Waals surface area contributed by atoms with Crippen molar-refractivity contribution in [1.82, 2.24) is 15.1 Å². The molecule has 2 aromatic rings. The van der Waals surface area contributed by atoms with Gasteiger partial charge in [-0.1, -0.05) is 50.2 Å². The van der Waals surface area contributed by atoms with E-state index in [0.717, 1.165) is 30.8 Å². The fraction of sp³-hybridized carbons (Fsp3) is 0.381. The Morgan fingerprint density at radius 3 is 2.19 bits per heavy atom. The molecule has 0 bridgehead atoms. The van der Waals surface area contributed by atoms with Crippen molar-refractivity contribution in [2.75, 3.05) is 20.1 Å². The van der Waals surface area contributed by atoms with Crippen molar-refractivity contribution >= 4 is 6.03 Å². The van der Waals surface area contributed by atoms with Crippen molar-refractivity contribution in [3.63, 3.8) is 0 Å². The lowest BCUT2D eigenvalue weighted by molar-refractivity contribution is 0.206. The number of halogens is 1. The van der Waals surface area contributed by atoms with Crippen molar-refractivity contribution in [1.29, 1.82) is 0 Å². The Labute approximate surface area is 155 Å². The average Bonchev–Trinajstić information content (AvgIpc) is 2.66. The number of benzene rings is 2. The third-order valence-corrected chi connectivity index (χ3v) is 4.52. The molecule has 0 spiro atoms. The molecule has 1 N–H and O–H groups in total. The van der Waals surface area contributed by atoms with Gasteiger partial charge in [0.05, 0.1) is 0 Å². The van der Waals surface area contributed by atoms with Crippen molar-refractivity contribution < 1.29 is 9.18 Å². The number of urea groups is 1. The summed E-state index contributed by atoms with van der Waals surface area (Å²) in [6, 6.07) is 14.2. The third-order valence-electron chi connectivity index (χ3n) is 4.52. The minimum absolute atomic E-state index is 0.146. The van der Waals surface area contributed by atoms with Crippen LogP contribution in [0, 0.1) is 5.82 Å². The maximum atomic E-state index is 13.0. The van der Waals surface area contributed by atoms with E-state index in [-0.39, 0.29) is 11.8 Å². The van der Waals surface area contributed by atoms with Crippen LogP contribution in [0.25, 0.3) is 0 Å². The van der Waals surface area contributed by atoms with E-state index in [0.29, 0.717) is 13.1 Å². The van der Waals surface area contributed by atoms with Crippen LogP contribution in [0.2, 0.25) is 0 Å². The summed E-state index contributed by atoms with van der Waals surface area (Å²) >= 11 is 0. The van der Waals surface area contributed by atoms with Crippen LogP contribution < -0.4 is 5.32 Å². The minimum Gasteiger partial charge on any atom is -0.334 e. The molecule has 0 atom stereocenters. The first-order chi connectivity index (χ1) is 12.5. The summed E-state index contributed by atoms with van der Waals surface area (Å²) in [7, 11) is 1.74. The number of nitrogens with one attached hydrogen (secondary N) is 1. The summed E-state index contributed by atoms with van der Waals surface area (Å²) in [5, 5.41) is 2.97. The molecule has 0 aliphatic heterocycles. The highest BCUT2D eigenvalue weighted by molar-refractivity contribution is 5.73. The number of rotatable bonds is 8. The van der Waals surface area contributed by atoms with Gasteiger partial charge in [-0.15, -0.1) is 0 Å². The van der Waals surface area contributed by atoms with Crippen LogP contribution in [0.5, 0.6) is 0 Å². The van der Waals surface area contributed by atoms with Gasteiger partial charge in [0.15, 0.2) is 0 Å². The van der Waals surface area contributed by atoms with Gasteiger partial charge < -0.3 is 10.2 Å². The summed E-state index contributed by atoms with van der Waals surface area (Å²) in [5.41, 5.74) is 3.26. The van der Waals surface area contributed by atoms with Gasteiger partial charge in [-0.3, -0.25) is 4.90 Å². The third kappa shape index (κ3) is 5.85. The zero-order valence-corrected chi connectivity index (χ0v) is 15.8. The van der Waals surface area contributed by atoms with E-state index in [9.17, 15) is 9.18 Å². The lowest BCUT2D eigenvalue weighted by atomic mass is 10.1. The summed E-state index contributed by atoms with van der Waals surface area (Å²) in [6.07, 6.45) is 0. The van der Waals surface area contributed by atoms with Gasteiger partial charge in [-0.05, 0) is 41.9 Å². The summed E-state index contributed by atoms with van der Waals surface area (Å²) < 4.78 is 13.0. The molecule has 0 aliphatic carbocycles. The normalized spacial score (nSPS) is 10.8. The van der Waals surface area contributed by atoms with Crippen LogP contribution in [-0.4, -0.2) is 36.0 Å². The fourth-order valence-corrected chi connectivity index (χ4v) is 2.81. The predicted octanol–water partition coefficient (Wildman–Crippen LogP) is 4.01. The highest BCUT2D eigenvalue weighted by Crippen LogP contribution is 2.12. The monoisotopic (exact) mass is 357 g/mol. The Morgan fingerprint density at radius 2 is 1.58 bits per heavy atom. The van der Waals surface area contributed by atoms with Crippen LogP contribution in [0.4, 0.5) is 9.18 Å². The van der Waals surface area contributed by atoms with Gasteiger partial charge in [0.2, 0.25) is 0 Å². The number of carbonyl (C=O) groups excluding carboxylic acids is 1. The summed E-state index contributed by atoms with van der Waals surface area (Å²) in [4.78, 5) is 16.3. The zero-order valence-electron chi connectivity index (χ0n) is 15.8. The Hall–Kier alpha value is -2.40. The first kappa shape index (κ1) is 19.9. The summed E-state index contributed by atoms with van der Waals surface area (Å²) in [6.45, 7) is 8.10. The average molecular weight is 357 g/mol. The quantitative estimate of drug-likeness (QED) is 0.775. The van der Waals surface area contributed by atoms with Crippen LogP contribution >= 0.6 is 0 Å². The molecule has 0 saturated heterocycles. The van der Waals surface area contributed by atoms with Gasteiger partial charge in [0, 0.05) is 26.7 Å². The fourth-order valence-electron chi connectivity index (χ4n) is 2.81. The van der Waals surface area contributed by atoms with Gasteiger partial charge >= 0.3 is 6.03 Å². The number of carbonyl (C=O) groups is 1. The Kier molecular flexibility index (Phi) is 7.60. The molecule has 0 fully saturated rings. The van der Waals surface area contributed by atoms with Gasteiger partial charge in [-0.2, -0.15) is 0 Å². The number of hydrogen-bond donors (Lipinski definition) is 1. The number of hydrogen-bond acceptors (Lipinski definition) is 2. The van der Waals surface area contributed by atoms with Gasteiger partial charge in [-0.25, -0.2) is 9.18 Å². The molecule has 0 radical (unpaired) electrons. The minimum atomic E-state index is -0.273. The smallest absolute Gasteiger partial charge is 0.317 e. The largest absolute Gasteiger partial charge is 0.334 e. The lowest BCUT2D eigenvalue weighted by Gasteiger charge is -2.21. The molecule has 2 amide bonds. The van der Waals surface area contributed by atoms with E-state index in [2.05, 4.69) is 36.2 Å². The van der Waals surface area contributed by atoms with Crippen molar-refractivity contribution in [2.24, 2.45) is 0 Å². The van der Waals surface area contributed by atoms with Gasteiger partial charge in [0.25, 0.3) is 0 Å². The molecule has 26 heavy (non-hydrogen) atoms. The second kappa shape index (κ2) is 9.92. The van der Waals surface area contributed by atoms with E-state index < -0.39 is 0 Å². The molecule has 0 aliphatic rings. The molecule has 0 heterocycles. The molecular formula is C21H28FN3O. The SMILES string of the molecule is CCN(CC)Cc1ccccc1CNC(=O)N(C)Cc1ccc(F)cc1. The lowest BCUT2D eigenvalue weighted by Crippen LogP contribution is -2.36. The second-order valence-corrected chi connectivity index (χ2v) is 6.37. The maximum Gasteiger partial charge on any atom is 0.317 e.